The van der Waals surface area contributed by atoms with Crippen LogP contribution in [0.25, 0.3) is 0 Å². The quantitative estimate of drug-likeness (QED) is 0.0948. The molecule has 0 rings (SSSR count). The minimum atomic E-state index is -0.465. The summed E-state index contributed by atoms with van der Waals surface area (Å²) in [5.41, 5.74) is 0.785. The van der Waals surface area contributed by atoms with Crippen LogP contribution in [0.1, 0.15) is 39.5 Å². The molecule has 0 unspecified atom stereocenters. The third-order valence-corrected chi connectivity index (χ3v) is 6.26. The highest BCUT2D eigenvalue weighted by molar-refractivity contribution is 7.99. The predicted molar refractivity (Wildman–Crippen MR) is 143 cm³/mol. The fraction of sp³-hybridized carbons (Fsp3) is 0.667. The largest absolute Gasteiger partial charge is 0.463 e. The summed E-state index contributed by atoms with van der Waals surface area (Å²) >= 11 is 2.89. The zero-order valence-corrected chi connectivity index (χ0v) is 23.0. The molecule has 2 amide bonds. The minimum Gasteiger partial charge on any atom is -0.463 e. The van der Waals surface area contributed by atoms with E-state index >= 15 is 0 Å². The van der Waals surface area contributed by atoms with Crippen LogP contribution in [0.2, 0.25) is 0 Å². The average molecular weight is 549 g/mol. The average Bonchev–Trinajstić information content (AvgIpc) is 2.85. The summed E-state index contributed by atoms with van der Waals surface area (Å²) in [6.07, 6.45) is 2.50. The lowest BCUT2D eigenvalue weighted by atomic mass is 10.2. The van der Waals surface area contributed by atoms with Crippen molar-refractivity contribution in [2.75, 3.05) is 62.5 Å². The number of esters is 2. The van der Waals surface area contributed by atoms with Crippen LogP contribution >= 0.6 is 23.5 Å². The predicted octanol–water partition coefficient (Wildman–Crippen LogP) is 3.70. The molecule has 0 aliphatic carbocycles. The van der Waals surface area contributed by atoms with E-state index in [0.717, 1.165) is 25.7 Å². The Bertz CT molecular complexity index is 646. The molecule has 0 bridgehead atoms. The van der Waals surface area contributed by atoms with Gasteiger partial charge in [-0.05, 0) is 26.7 Å². The topological polar surface area (TPSA) is 129 Å². The maximum absolute atomic E-state index is 11.6. The van der Waals surface area contributed by atoms with Gasteiger partial charge >= 0.3 is 24.1 Å². The van der Waals surface area contributed by atoms with E-state index in [0.29, 0.717) is 60.5 Å². The van der Waals surface area contributed by atoms with Gasteiger partial charge in [0.25, 0.3) is 0 Å². The number of alkyl carbamates (subject to hydrolysis) is 2. The van der Waals surface area contributed by atoms with Crippen molar-refractivity contribution in [2.45, 2.75) is 39.5 Å². The maximum Gasteiger partial charge on any atom is 0.407 e. The molecule has 0 fully saturated rings. The Kier molecular flexibility index (Phi) is 21.6. The van der Waals surface area contributed by atoms with Crippen LogP contribution in [0, 0.1) is 0 Å². The Morgan fingerprint density at radius 1 is 0.639 bits per heavy atom. The first-order valence-corrected chi connectivity index (χ1v) is 14.3. The molecule has 10 nitrogen and oxygen atoms in total. The lowest BCUT2D eigenvalue weighted by molar-refractivity contribution is -0.139. The molecule has 0 heterocycles. The summed E-state index contributed by atoms with van der Waals surface area (Å²) in [4.78, 5) is 46.1. The summed E-state index contributed by atoms with van der Waals surface area (Å²) < 4.78 is 19.9. The molecular formula is C24H40N2O8S2. The van der Waals surface area contributed by atoms with Gasteiger partial charge in [-0.25, -0.2) is 19.2 Å². The maximum atomic E-state index is 11.6. The van der Waals surface area contributed by atoms with Gasteiger partial charge in [-0.15, -0.1) is 0 Å². The second-order valence-corrected chi connectivity index (χ2v) is 9.50. The van der Waals surface area contributed by atoms with E-state index in [1.165, 1.54) is 23.5 Å². The highest BCUT2D eigenvalue weighted by Gasteiger charge is 2.09. The highest BCUT2D eigenvalue weighted by atomic mass is 32.2. The van der Waals surface area contributed by atoms with Crippen LogP contribution in [0.5, 0.6) is 0 Å². The van der Waals surface area contributed by atoms with Crippen molar-refractivity contribution in [3.05, 3.63) is 24.3 Å². The minimum absolute atomic E-state index is 0.246. The van der Waals surface area contributed by atoms with Crippen LogP contribution in [0.3, 0.4) is 0 Å². The fourth-order valence-corrected chi connectivity index (χ4v) is 3.87. The first kappa shape index (κ1) is 33.7. The second kappa shape index (κ2) is 23.1. The molecular weight excluding hydrogens is 508 g/mol. The Morgan fingerprint density at radius 3 is 1.39 bits per heavy atom. The lowest BCUT2D eigenvalue weighted by Crippen LogP contribution is -2.26. The number of ether oxygens (including phenoxy) is 4. The molecule has 0 radical (unpaired) electrons. The summed E-state index contributed by atoms with van der Waals surface area (Å²) in [6, 6.07) is 0. The second-order valence-electron chi connectivity index (χ2n) is 7.29. The smallest absolute Gasteiger partial charge is 0.407 e. The van der Waals surface area contributed by atoms with Crippen molar-refractivity contribution in [1.29, 1.82) is 0 Å². The molecule has 0 aliphatic rings. The van der Waals surface area contributed by atoms with Gasteiger partial charge in [0.1, 0.15) is 13.2 Å². The van der Waals surface area contributed by atoms with Gasteiger partial charge in [-0.3, -0.25) is 0 Å². The Labute approximate surface area is 222 Å². The number of amides is 2. The standard InChI is InChI=1S/C24H40N2O8S2/c1-5-31-21(27)19(3)17-35-15-13-33-23(29)25-11-9-7-8-10-12-26-24(30)34-14-16-36-18-20(4)22(28)32-6-2/h3-18H2,1-2H3,(H,25,29)(H,26,30). The van der Waals surface area contributed by atoms with Crippen molar-refractivity contribution >= 4 is 47.6 Å². The fourth-order valence-electron chi connectivity index (χ4n) is 2.45. The summed E-state index contributed by atoms with van der Waals surface area (Å²) in [7, 11) is 0. The van der Waals surface area contributed by atoms with Crippen molar-refractivity contribution < 1.29 is 38.1 Å². The number of rotatable bonds is 21. The number of carbonyl (C=O) groups is 4. The van der Waals surface area contributed by atoms with Crippen molar-refractivity contribution in [1.82, 2.24) is 10.6 Å². The number of hydrogen-bond donors (Lipinski definition) is 2. The molecule has 0 aliphatic heterocycles. The van der Waals surface area contributed by atoms with Crippen LogP contribution in [-0.2, 0) is 28.5 Å². The third-order valence-electron chi connectivity index (χ3n) is 4.24. The van der Waals surface area contributed by atoms with E-state index < -0.39 is 24.1 Å². The molecule has 0 aromatic heterocycles. The zero-order chi connectivity index (χ0) is 27.0. The highest BCUT2D eigenvalue weighted by Crippen LogP contribution is 2.09. The molecule has 206 valence electrons. The van der Waals surface area contributed by atoms with Gasteiger partial charge in [-0.2, -0.15) is 23.5 Å². The first-order valence-electron chi connectivity index (χ1n) is 12.0. The van der Waals surface area contributed by atoms with Crippen LogP contribution in [0.4, 0.5) is 9.59 Å². The first-order chi connectivity index (χ1) is 17.3. The third kappa shape index (κ3) is 19.9. The number of thioether (sulfide) groups is 2. The molecule has 12 heteroatoms. The zero-order valence-electron chi connectivity index (χ0n) is 21.4. The van der Waals surface area contributed by atoms with Crippen LogP contribution in [-0.4, -0.2) is 86.7 Å². The summed E-state index contributed by atoms with van der Waals surface area (Å²) in [5, 5.41) is 5.39. The molecule has 0 atom stereocenters. The number of hydrogen-bond acceptors (Lipinski definition) is 10. The molecule has 2 N–H and O–H groups in total. The van der Waals surface area contributed by atoms with Gasteiger partial charge in [0.05, 0.1) is 13.2 Å². The van der Waals surface area contributed by atoms with E-state index in [2.05, 4.69) is 23.8 Å². The Morgan fingerprint density at radius 2 is 1.03 bits per heavy atom. The SMILES string of the molecule is C=C(CSCCOC(=O)NCCCCCCNC(=O)OCCSCC(=C)C(=O)OCC)C(=O)OCC. The van der Waals surface area contributed by atoms with Gasteiger partial charge in [-0.1, -0.05) is 26.0 Å². The monoisotopic (exact) mass is 548 g/mol. The Hall–Kier alpha value is -2.34. The molecule has 36 heavy (non-hydrogen) atoms. The van der Waals surface area contributed by atoms with Crippen LogP contribution < -0.4 is 10.6 Å². The molecule has 0 saturated carbocycles. The van der Waals surface area contributed by atoms with E-state index in [9.17, 15) is 19.2 Å². The van der Waals surface area contributed by atoms with Gasteiger partial charge in [0.15, 0.2) is 0 Å². The Balaban J connectivity index is 3.49. The normalized spacial score (nSPS) is 10.2. The molecule has 0 aromatic rings. The van der Waals surface area contributed by atoms with Crippen LogP contribution in [0.15, 0.2) is 24.3 Å². The van der Waals surface area contributed by atoms with Crippen molar-refractivity contribution in [3.63, 3.8) is 0 Å². The number of nitrogens with one attached hydrogen (secondary N) is 2. The molecule has 0 spiro atoms. The van der Waals surface area contributed by atoms with E-state index in [4.69, 9.17) is 18.9 Å². The number of carbonyl (C=O) groups excluding carboxylic acids is 4. The van der Waals surface area contributed by atoms with Gasteiger partial charge in [0, 0.05) is 47.2 Å². The van der Waals surface area contributed by atoms with Crippen molar-refractivity contribution in [3.8, 4) is 0 Å². The summed E-state index contributed by atoms with van der Waals surface area (Å²) in [5.74, 6) is 1.19. The van der Waals surface area contributed by atoms with Gasteiger partial charge < -0.3 is 29.6 Å². The molecule has 0 saturated heterocycles. The van der Waals surface area contributed by atoms with E-state index in [1.54, 1.807) is 13.8 Å². The van der Waals surface area contributed by atoms with Crippen molar-refractivity contribution in [2.24, 2.45) is 0 Å². The molecule has 0 aromatic carbocycles. The lowest BCUT2D eigenvalue weighted by Gasteiger charge is -2.08. The van der Waals surface area contributed by atoms with Gasteiger partial charge in [0.2, 0.25) is 0 Å². The van der Waals surface area contributed by atoms with E-state index in [1.807, 2.05) is 0 Å². The summed E-state index contributed by atoms with van der Waals surface area (Å²) in [6.45, 7) is 13.0. The number of unbranched alkanes of at least 4 members (excludes halogenated alkanes) is 3. The van der Waals surface area contributed by atoms with E-state index in [-0.39, 0.29) is 13.2 Å².